The van der Waals surface area contributed by atoms with Gasteiger partial charge in [0.05, 0.1) is 0 Å². The van der Waals surface area contributed by atoms with Crippen LogP contribution in [0.25, 0.3) is 0 Å². The van der Waals surface area contributed by atoms with E-state index in [0.29, 0.717) is 11.8 Å². The van der Waals surface area contributed by atoms with Gasteiger partial charge in [-0.05, 0) is 42.4 Å². The fourth-order valence-electron chi connectivity index (χ4n) is 2.49. The second-order valence-electron chi connectivity index (χ2n) is 5.04. The maximum atomic E-state index is 6.36. The first-order valence-electron chi connectivity index (χ1n) is 6.19. The second kappa shape index (κ2) is 5.38. The number of benzene rings is 1. The molecular weight excluding hydrogens is 234 g/mol. The van der Waals surface area contributed by atoms with Crippen LogP contribution in [0.1, 0.15) is 30.5 Å². The summed E-state index contributed by atoms with van der Waals surface area (Å²) in [5, 5.41) is 0.803. The van der Waals surface area contributed by atoms with Crippen LogP contribution in [0.15, 0.2) is 18.2 Å². The fraction of sp³-hybridized carbons (Fsp3) is 0.571. The van der Waals surface area contributed by atoms with E-state index in [4.69, 9.17) is 22.1 Å². The predicted octanol–water partition coefficient (Wildman–Crippen LogP) is 3.32. The van der Waals surface area contributed by atoms with Gasteiger partial charge in [-0.3, -0.25) is 0 Å². The lowest BCUT2D eigenvalue weighted by Gasteiger charge is -2.33. The first kappa shape index (κ1) is 12.9. The molecule has 94 valence electrons. The summed E-state index contributed by atoms with van der Waals surface area (Å²) >= 11 is 6.15. The zero-order chi connectivity index (χ0) is 12.4. The topological polar surface area (TPSA) is 35.2 Å². The minimum absolute atomic E-state index is 0.0620. The van der Waals surface area contributed by atoms with Crippen molar-refractivity contribution in [3.63, 3.8) is 0 Å². The molecule has 0 aliphatic carbocycles. The number of hydrogen-bond acceptors (Lipinski definition) is 2. The van der Waals surface area contributed by atoms with Crippen molar-refractivity contribution in [1.29, 1.82) is 0 Å². The highest BCUT2D eigenvalue weighted by molar-refractivity contribution is 6.31. The molecule has 2 nitrogen and oxygen atoms in total. The third-order valence-corrected chi connectivity index (χ3v) is 4.16. The van der Waals surface area contributed by atoms with Gasteiger partial charge in [0, 0.05) is 24.3 Å². The molecule has 2 N–H and O–H groups in total. The summed E-state index contributed by atoms with van der Waals surface area (Å²) in [6.07, 6.45) is 1.04. The van der Waals surface area contributed by atoms with Crippen LogP contribution in [-0.4, -0.2) is 13.2 Å². The number of nitrogens with two attached hydrogens (primary N) is 1. The Balaban J connectivity index is 2.17. The van der Waals surface area contributed by atoms with Crippen molar-refractivity contribution >= 4 is 11.6 Å². The van der Waals surface area contributed by atoms with Gasteiger partial charge in [0.25, 0.3) is 0 Å². The molecular formula is C14H20ClNO. The second-order valence-corrected chi connectivity index (χ2v) is 5.45. The molecule has 0 bridgehead atoms. The molecule has 1 aromatic rings. The van der Waals surface area contributed by atoms with E-state index in [2.05, 4.69) is 13.0 Å². The monoisotopic (exact) mass is 253 g/mol. The lowest BCUT2D eigenvalue weighted by Crippen LogP contribution is -2.33. The van der Waals surface area contributed by atoms with Gasteiger partial charge in [-0.25, -0.2) is 0 Å². The Morgan fingerprint density at radius 3 is 2.88 bits per heavy atom. The average molecular weight is 254 g/mol. The first-order chi connectivity index (χ1) is 8.09. The summed E-state index contributed by atoms with van der Waals surface area (Å²) in [5.74, 6) is 1.00. The van der Waals surface area contributed by atoms with Crippen molar-refractivity contribution < 1.29 is 4.74 Å². The number of rotatable bonds is 2. The van der Waals surface area contributed by atoms with Gasteiger partial charge in [0.15, 0.2) is 0 Å². The fourth-order valence-corrected chi connectivity index (χ4v) is 2.68. The van der Waals surface area contributed by atoms with E-state index in [1.54, 1.807) is 0 Å². The quantitative estimate of drug-likeness (QED) is 0.878. The normalized spacial score (nSPS) is 26.8. The molecule has 0 radical (unpaired) electrons. The van der Waals surface area contributed by atoms with Crippen molar-refractivity contribution in [1.82, 2.24) is 0 Å². The molecule has 1 aliphatic rings. The molecule has 0 saturated carbocycles. The molecule has 3 atom stereocenters. The number of aryl methyl sites for hydroxylation is 1. The number of halogens is 1. The smallest absolute Gasteiger partial charge is 0.0494 e. The minimum atomic E-state index is 0.0620. The Hall–Kier alpha value is -0.570. The third-order valence-electron chi connectivity index (χ3n) is 3.75. The predicted molar refractivity (Wildman–Crippen MR) is 71.2 cm³/mol. The van der Waals surface area contributed by atoms with Crippen molar-refractivity contribution in [3.05, 3.63) is 34.3 Å². The molecule has 1 saturated heterocycles. The van der Waals surface area contributed by atoms with E-state index in [0.717, 1.165) is 35.8 Å². The van der Waals surface area contributed by atoms with E-state index in [-0.39, 0.29) is 6.04 Å². The minimum Gasteiger partial charge on any atom is -0.381 e. The van der Waals surface area contributed by atoms with Crippen LogP contribution in [0.4, 0.5) is 0 Å². The molecule has 2 rings (SSSR count). The van der Waals surface area contributed by atoms with Crippen molar-refractivity contribution in [3.8, 4) is 0 Å². The van der Waals surface area contributed by atoms with Gasteiger partial charge in [-0.2, -0.15) is 0 Å². The van der Waals surface area contributed by atoms with Gasteiger partial charge >= 0.3 is 0 Å². The maximum absolute atomic E-state index is 6.36. The van der Waals surface area contributed by atoms with Crippen LogP contribution in [0.3, 0.4) is 0 Å². The SMILES string of the molecule is Cc1ccc(C(N)C2CCOCC2C)cc1Cl. The standard InChI is InChI=1S/C14H20ClNO/c1-9-3-4-11(7-13(9)15)14(16)12-5-6-17-8-10(12)2/h3-4,7,10,12,14H,5-6,8,16H2,1-2H3. The highest BCUT2D eigenvalue weighted by Crippen LogP contribution is 2.33. The van der Waals surface area contributed by atoms with Crippen LogP contribution in [0.5, 0.6) is 0 Å². The molecule has 1 aromatic carbocycles. The van der Waals surface area contributed by atoms with Crippen molar-refractivity contribution in [2.75, 3.05) is 13.2 Å². The molecule has 1 aliphatic heterocycles. The van der Waals surface area contributed by atoms with Gasteiger partial charge in [-0.1, -0.05) is 30.7 Å². The summed E-state index contributed by atoms with van der Waals surface area (Å²) in [5.41, 5.74) is 8.60. The maximum Gasteiger partial charge on any atom is 0.0494 e. The Morgan fingerprint density at radius 2 is 2.24 bits per heavy atom. The van der Waals surface area contributed by atoms with E-state index < -0.39 is 0 Å². The zero-order valence-corrected chi connectivity index (χ0v) is 11.2. The summed E-state index contributed by atoms with van der Waals surface area (Å²) < 4.78 is 5.46. The Labute approximate surface area is 108 Å². The van der Waals surface area contributed by atoms with Crippen LogP contribution in [-0.2, 0) is 4.74 Å². The zero-order valence-electron chi connectivity index (χ0n) is 10.4. The van der Waals surface area contributed by atoms with Crippen LogP contribution >= 0.6 is 11.6 Å². The molecule has 3 heteroatoms. The first-order valence-corrected chi connectivity index (χ1v) is 6.56. The van der Waals surface area contributed by atoms with Crippen molar-refractivity contribution in [2.24, 2.45) is 17.6 Å². The van der Waals surface area contributed by atoms with Crippen LogP contribution < -0.4 is 5.73 Å². The largest absolute Gasteiger partial charge is 0.381 e. The summed E-state index contributed by atoms with van der Waals surface area (Å²) in [6.45, 7) is 5.86. The van der Waals surface area contributed by atoms with Crippen LogP contribution in [0, 0.1) is 18.8 Å². The lowest BCUT2D eigenvalue weighted by molar-refractivity contribution is 0.0154. The van der Waals surface area contributed by atoms with E-state index >= 15 is 0 Å². The molecule has 3 unspecified atom stereocenters. The molecule has 1 fully saturated rings. The van der Waals surface area contributed by atoms with Gasteiger partial charge < -0.3 is 10.5 Å². The molecule has 0 amide bonds. The summed E-state index contributed by atoms with van der Waals surface area (Å²) in [7, 11) is 0. The van der Waals surface area contributed by atoms with Gasteiger partial charge in [0.2, 0.25) is 0 Å². The summed E-state index contributed by atoms with van der Waals surface area (Å²) in [4.78, 5) is 0. The molecule has 0 spiro atoms. The van der Waals surface area contributed by atoms with E-state index in [1.807, 2.05) is 19.1 Å². The lowest BCUT2D eigenvalue weighted by atomic mass is 9.81. The third kappa shape index (κ3) is 2.82. The Bertz CT molecular complexity index is 394. The van der Waals surface area contributed by atoms with Gasteiger partial charge in [0.1, 0.15) is 0 Å². The van der Waals surface area contributed by atoms with Gasteiger partial charge in [-0.15, -0.1) is 0 Å². The Kier molecular flexibility index (Phi) is 4.08. The van der Waals surface area contributed by atoms with E-state index in [1.165, 1.54) is 0 Å². The average Bonchev–Trinajstić information content (AvgIpc) is 2.32. The molecule has 17 heavy (non-hydrogen) atoms. The van der Waals surface area contributed by atoms with Crippen molar-refractivity contribution in [2.45, 2.75) is 26.3 Å². The molecule has 0 aromatic heterocycles. The highest BCUT2D eigenvalue weighted by Gasteiger charge is 2.28. The summed E-state index contributed by atoms with van der Waals surface area (Å²) in [6, 6.07) is 6.20. The van der Waals surface area contributed by atoms with E-state index in [9.17, 15) is 0 Å². The Morgan fingerprint density at radius 1 is 1.47 bits per heavy atom. The number of ether oxygens (including phenoxy) is 1. The number of hydrogen-bond donors (Lipinski definition) is 1. The highest BCUT2D eigenvalue weighted by atomic mass is 35.5. The molecule has 1 heterocycles. The van der Waals surface area contributed by atoms with Crippen LogP contribution in [0.2, 0.25) is 5.02 Å².